The van der Waals surface area contributed by atoms with Crippen molar-refractivity contribution in [3.63, 3.8) is 0 Å². The Morgan fingerprint density at radius 2 is 1.50 bits per heavy atom. The van der Waals surface area contributed by atoms with Crippen molar-refractivity contribution in [2.45, 2.75) is 26.6 Å². The Hall–Kier alpha value is -3.51. The monoisotopic (exact) mass is 563 g/mol. The second kappa shape index (κ2) is 11.1. The van der Waals surface area contributed by atoms with Gasteiger partial charge in [0, 0.05) is 38.8 Å². The standard InChI is InChI=1S/C30H24Cl3N3O2/c1-19-9-13-23(14-10-19)35-29(20(2)37)34-36(24-15-11-22(31)12-16-24)30(35)21-5-3-6-25(17-21)38-18-26-27(32)7-4-8-28(26)33/h3-17,30H,18H2,1-2H3. The van der Waals surface area contributed by atoms with Crippen LogP contribution in [0.2, 0.25) is 15.1 Å². The van der Waals surface area contributed by atoms with Crippen molar-refractivity contribution < 1.29 is 9.53 Å². The Labute approximate surface area is 236 Å². The minimum absolute atomic E-state index is 0.146. The molecule has 1 aliphatic heterocycles. The normalized spacial score (nSPS) is 15.0. The van der Waals surface area contributed by atoms with Gasteiger partial charge in [0.1, 0.15) is 12.4 Å². The molecule has 0 radical (unpaired) electrons. The van der Waals surface area contributed by atoms with Crippen LogP contribution in [0.4, 0.5) is 11.4 Å². The molecule has 0 aliphatic carbocycles. The zero-order valence-electron chi connectivity index (χ0n) is 20.7. The summed E-state index contributed by atoms with van der Waals surface area (Å²) in [6, 6.07) is 28.5. The van der Waals surface area contributed by atoms with Crippen LogP contribution in [-0.4, -0.2) is 11.6 Å². The van der Waals surface area contributed by atoms with E-state index in [-0.39, 0.29) is 12.4 Å². The molecule has 0 N–H and O–H groups in total. The summed E-state index contributed by atoms with van der Waals surface area (Å²) in [6.07, 6.45) is -0.453. The van der Waals surface area contributed by atoms with E-state index in [9.17, 15) is 4.79 Å². The molecular weight excluding hydrogens is 541 g/mol. The van der Waals surface area contributed by atoms with E-state index in [1.54, 1.807) is 30.3 Å². The highest BCUT2D eigenvalue weighted by Crippen LogP contribution is 2.40. The third kappa shape index (κ3) is 5.37. The number of amidine groups is 1. The Bertz CT molecular complexity index is 1480. The number of rotatable bonds is 7. The summed E-state index contributed by atoms with van der Waals surface area (Å²) in [7, 11) is 0. The number of carbonyl (C=O) groups excluding carboxylic acids is 1. The van der Waals surface area contributed by atoms with Gasteiger partial charge in [-0.1, -0.05) is 70.7 Å². The average molecular weight is 565 g/mol. The quantitative estimate of drug-likeness (QED) is 0.226. The minimum Gasteiger partial charge on any atom is -0.489 e. The van der Waals surface area contributed by atoms with Gasteiger partial charge in [-0.3, -0.25) is 9.69 Å². The Morgan fingerprint density at radius 1 is 0.868 bits per heavy atom. The molecule has 0 bridgehead atoms. The van der Waals surface area contributed by atoms with Crippen LogP contribution in [0, 0.1) is 6.92 Å². The number of nitrogens with zero attached hydrogens (tertiary/aromatic N) is 3. The highest BCUT2D eigenvalue weighted by Gasteiger charge is 2.39. The molecule has 1 atom stereocenters. The van der Waals surface area contributed by atoms with Crippen LogP contribution in [0.15, 0.2) is 96.1 Å². The molecule has 5 nitrogen and oxygen atoms in total. The number of anilines is 2. The van der Waals surface area contributed by atoms with Gasteiger partial charge >= 0.3 is 0 Å². The Kier molecular flexibility index (Phi) is 7.61. The number of halogens is 3. The van der Waals surface area contributed by atoms with Crippen molar-refractivity contribution in [3.05, 3.63) is 123 Å². The molecule has 0 aromatic heterocycles. The first-order chi connectivity index (χ1) is 18.3. The van der Waals surface area contributed by atoms with E-state index >= 15 is 0 Å². The molecule has 4 aromatic carbocycles. The first-order valence-electron chi connectivity index (χ1n) is 12.0. The number of Topliss-reactive ketones (excluding diaryl/α,β-unsaturated/α-hetero) is 1. The number of ketones is 1. The van der Waals surface area contributed by atoms with Gasteiger partial charge in [0.05, 0.1) is 5.69 Å². The van der Waals surface area contributed by atoms with Crippen molar-refractivity contribution in [2.24, 2.45) is 5.10 Å². The largest absolute Gasteiger partial charge is 0.489 e. The lowest BCUT2D eigenvalue weighted by Gasteiger charge is -2.32. The lowest BCUT2D eigenvalue weighted by molar-refractivity contribution is -0.111. The smallest absolute Gasteiger partial charge is 0.198 e. The summed E-state index contributed by atoms with van der Waals surface area (Å²) < 4.78 is 6.11. The molecule has 1 unspecified atom stereocenters. The van der Waals surface area contributed by atoms with Gasteiger partial charge in [0.15, 0.2) is 17.8 Å². The molecule has 192 valence electrons. The fourth-order valence-corrected chi connectivity index (χ4v) is 4.95. The summed E-state index contributed by atoms with van der Waals surface area (Å²) in [5, 5.41) is 8.31. The molecule has 1 aliphatic rings. The van der Waals surface area contributed by atoms with Crippen LogP contribution in [0.3, 0.4) is 0 Å². The van der Waals surface area contributed by atoms with E-state index in [1.807, 2.05) is 77.5 Å². The van der Waals surface area contributed by atoms with E-state index in [4.69, 9.17) is 44.6 Å². The van der Waals surface area contributed by atoms with Gasteiger partial charge in [-0.15, -0.1) is 5.10 Å². The van der Waals surface area contributed by atoms with E-state index in [0.717, 1.165) is 22.5 Å². The van der Waals surface area contributed by atoms with Crippen LogP contribution in [0.1, 0.15) is 29.8 Å². The van der Waals surface area contributed by atoms with Gasteiger partial charge in [-0.2, -0.15) is 0 Å². The number of hydrogen-bond donors (Lipinski definition) is 0. The molecule has 5 rings (SSSR count). The molecule has 4 aromatic rings. The molecular formula is C30H24Cl3N3O2. The summed E-state index contributed by atoms with van der Waals surface area (Å²) in [5.74, 6) is 0.824. The summed E-state index contributed by atoms with van der Waals surface area (Å²) in [6.45, 7) is 3.76. The second-order valence-electron chi connectivity index (χ2n) is 8.94. The number of hydrogen-bond acceptors (Lipinski definition) is 5. The SMILES string of the molecule is CC(=O)C1=NN(c2ccc(Cl)cc2)C(c2cccc(OCc3c(Cl)cccc3Cl)c2)N1c1ccc(C)cc1. The van der Waals surface area contributed by atoms with Crippen LogP contribution in [-0.2, 0) is 11.4 Å². The topological polar surface area (TPSA) is 45.1 Å². The third-order valence-electron chi connectivity index (χ3n) is 6.23. The van der Waals surface area contributed by atoms with Crippen LogP contribution >= 0.6 is 34.8 Å². The maximum Gasteiger partial charge on any atom is 0.198 e. The van der Waals surface area contributed by atoms with E-state index < -0.39 is 6.17 Å². The number of aryl methyl sites for hydroxylation is 1. The van der Waals surface area contributed by atoms with Gasteiger partial charge < -0.3 is 4.74 Å². The maximum absolute atomic E-state index is 12.8. The molecule has 0 fully saturated rings. The number of hydrazone groups is 1. The minimum atomic E-state index is -0.453. The highest BCUT2D eigenvalue weighted by molar-refractivity contribution is 6.44. The van der Waals surface area contributed by atoms with E-state index in [1.165, 1.54) is 6.92 Å². The van der Waals surface area contributed by atoms with E-state index in [0.29, 0.717) is 32.2 Å². The van der Waals surface area contributed by atoms with Gasteiger partial charge in [-0.25, -0.2) is 5.01 Å². The fraction of sp³-hybridized carbons (Fsp3) is 0.133. The Balaban J connectivity index is 1.56. The highest BCUT2D eigenvalue weighted by atomic mass is 35.5. The number of benzene rings is 4. The first-order valence-corrected chi connectivity index (χ1v) is 13.1. The molecule has 0 amide bonds. The summed E-state index contributed by atoms with van der Waals surface area (Å²) in [4.78, 5) is 14.8. The molecule has 0 saturated carbocycles. The van der Waals surface area contributed by atoms with Gasteiger partial charge in [-0.05, 0) is 67.6 Å². The fourth-order valence-electron chi connectivity index (χ4n) is 4.31. The lowest BCUT2D eigenvalue weighted by Crippen LogP contribution is -2.37. The van der Waals surface area contributed by atoms with Crippen LogP contribution in [0.5, 0.6) is 5.75 Å². The van der Waals surface area contributed by atoms with Crippen molar-refractivity contribution in [3.8, 4) is 5.75 Å². The zero-order chi connectivity index (χ0) is 26.8. The molecule has 0 spiro atoms. The number of ether oxygens (including phenoxy) is 1. The van der Waals surface area contributed by atoms with Gasteiger partial charge in [0.25, 0.3) is 0 Å². The predicted molar refractivity (Wildman–Crippen MR) is 156 cm³/mol. The number of carbonyl (C=O) groups is 1. The first kappa shape index (κ1) is 26.1. The molecule has 8 heteroatoms. The third-order valence-corrected chi connectivity index (χ3v) is 7.19. The zero-order valence-corrected chi connectivity index (χ0v) is 23.0. The predicted octanol–water partition coefficient (Wildman–Crippen LogP) is 8.46. The second-order valence-corrected chi connectivity index (χ2v) is 10.2. The van der Waals surface area contributed by atoms with Crippen molar-refractivity contribution in [1.29, 1.82) is 0 Å². The van der Waals surface area contributed by atoms with Gasteiger partial charge in [0.2, 0.25) is 0 Å². The van der Waals surface area contributed by atoms with Crippen LogP contribution < -0.4 is 14.6 Å². The van der Waals surface area contributed by atoms with Crippen molar-refractivity contribution in [2.75, 3.05) is 9.91 Å². The van der Waals surface area contributed by atoms with E-state index in [2.05, 4.69) is 0 Å². The lowest BCUT2D eigenvalue weighted by atomic mass is 10.1. The summed E-state index contributed by atoms with van der Waals surface area (Å²) >= 11 is 18.8. The van der Waals surface area contributed by atoms with Crippen molar-refractivity contribution >= 4 is 57.8 Å². The van der Waals surface area contributed by atoms with Crippen LogP contribution in [0.25, 0.3) is 0 Å². The molecule has 38 heavy (non-hydrogen) atoms. The van der Waals surface area contributed by atoms with Crippen molar-refractivity contribution in [1.82, 2.24) is 0 Å². The Morgan fingerprint density at radius 3 is 2.16 bits per heavy atom. The summed E-state index contributed by atoms with van der Waals surface area (Å²) in [5.41, 5.74) is 4.35. The molecule has 0 saturated heterocycles. The average Bonchev–Trinajstić information content (AvgIpc) is 3.30. The molecule has 1 heterocycles. The maximum atomic E-state index is 12.8.